The number of phenolic OH excluding ortho intramolecular Hbond substituents is 1. The van der Waals surface area contributed by atoms with Crippen LogP contribution in [-0.4, -0.2) is 15.9 Å². The molecule has 0 fully saturated rings. The minimum Gasteiger partial charge on any atom is -0.506 e. The van der Waals surface area contributed by atoms with Crippen molar-refractivity contribution >= 4 is 28.1 Å². The highest BCUT2D eigenvalue weighted by atomic mass is 16.3. The van der Waals surface area contributed by atoms with Gasteiger partial charge in [-0.1, -0.05) is 0 Å². The molecule has 6 nitrogen and oxygen atoms in total. The van der Waals surface area contributed by atoms with E-state index in [1.54, 1.807) is 36.4 Å². The summed E-state index contributed by atoms with van der Waals surface area (Å²) in [6, 6.07) is 13.9. The van der Waals surface area contributed by atoms with Gasteiger partial charge in [0.05, 0.1) is 11.4 Å². The monoisotopic (exact) mass is 305 g/mol. The molecule has 0 unspecified atom stereocenters. The van der Waals surface area contributed by atoms with Gasteiger partial charge in [0.15, 0.2) is 0 Å². The van der Waals surface area contributed by atoms with E-state index in [0.717, 1.165) is 11.1 Å². The number of azo groups is 1. The Bertz CT molecular complexity index is 916. The number of rotatable bonds is 3. The van der Waals surface area contributed by atoms with Gasteiger partial charge in [-0.25, -0.2) is 4.98 Å². The standard InChI is InChI=1S/C17H15N5O/c1-10-2-7-13-14(8-9-15(23)16(13)20-10)22-21-12-5-3-11(4-6-12)17(18)19/h2-9,23H,1H3,(H3,18,19). The van der Waals surface area contributed by atoms with Gasteiger partial charge in [0.25, 0.3) is 0 Å². The minimum atomic E-state index is 0.0134. The van der Waals surface area contributed by atoms with Gasteiger partial charge < -0.3 is 10.8 Å². The zero-order chi connectivity index (χ0) is 16.4. The molecule has 3 aromatic rings. The number of nitrogens with two attached hydrogens (primary N) is 1. The molecule has 2 aromatic carbocycles. The molecule has 1 heterocycles. The summed E-state index contributed by atoms with van der Waals surface area (Å²) in [6.45, 7) is 1.86. The van der Waals surface area contributed by atoms with Gasteiger partial charge in [-0.15, -0.1) is 5.11 Å². The highest BCUT2D eigenvalue weighted by molar-refractivity contribution is 5.95. The van der Waals surface area contributed by atoms with Crippen LogP contribution in [0.1, 0.15) is 11.3 Å². The molecule has 0 spiro atoms. The van der Waals surface area contributed by atoms with Crippen molar-refractivity contribution in [3.05, 3.63) is 59.8 Å². The first-order valence-electron chi connectivity index (χ1n) is 7.00. The topological polar surface area (TPSA) is 108 Å². The summed E-state index contributed by atoms with van der Waals surface area (Å²) in [5.41, 5.74) is 8.66. The van der Waals surface area contributed by atoms with E-state index in [4.69, 9.17) is 11.1 Å². The van der Waals surface area contributed by atoms with E-state index in [1.807, 2.05) is 19.1 Å². The lowest BCUT2D eigenvalue weighted by Crippen LogP contribution is -2.10. The van der Waals surface area contributed by atoms with Crippen LogP contribution in [0.5, 0.6) is 5.75 Å². The summed E-state index contributed by atoms with van der Waals surface area (Å²) in [6.07, 6.45) is 0. The zero-order valence-electron chi connectivity index (χ0n) is 12.5. The maximum absolute atomic E-state index is 9.92. The molecule has 23 heavy (non-hydrogen) atoms. The number of amidine groups is 1. The number of phenols is 1. The lowest BCUT2D eigenvalue weighted by molar-refractivity contribution is 0.480. The average molecular weight is 305 g/mol. The van der Waals surface area contributed by atoms with Crippen molar-refractivity contribution in [3.8, 4) is 5.75 Å². The van der Waals surface area contributed by atoms with Gasteiger partial charge in [0, 0.05) is 16.6 Å². The third-order valence-corrected chi connectivity index (χ3v) is 3.40. The summed E-state index contributed by atoms with van der Waals surface area (Å²) in [7, 11) is 0. The van der Waals surface area contributed by atoms with Crippen LogP contribution in [0.2, 0.25) is 0 Å². The molecule has 0 aliphatic rings. The molecule has 0 amide bonds. The molecule has 0 saturated heterocycles. The molecule has 3 rings (SSSR count). The Kier molecular flexibility index (Phi) is 3.72. The van der Waals surface area contributed by atoms with E-state index in [0.29, 0.717) is 22.5 Å². The predicted octanol–water partition coefficient (Wildman–Crippen LogP) is 3.95. The first-order valence-corrected chi connectivity index (χ1v) is 7.00. The molecule has 0 aliphatic heterocycles. The number of hydrogen-bond donors (Lipinski definition) is 3. The van der Waals surface area contributed by atoms with Crippen LogP contribution < -0.4 is 5.73 Å². The van der Waals surface area contributed by atoms with Gasteiger partial charge in [0.1, 0.15) is 17.1 Å². The second kappa shape index (κ2) is 5.84. The van der Waals surface area contributed by atoms with Gasteiger partial charge in [0.2, 0.25) is 0 Å². The Labute approximate surface area is 132 Å². The number of hydrogen-bond acceptors (Lipinski definition) is 5. The van der Waals surface area contributed by atoms with Crippen LogP contribution in [0.4, 0.5) is 11.4 Å². The van der Waals surface area contributed by atoms with Crippen molar-refractivity contribution in [1.82, 2.24) is 4.98 Å². The quantitative estimate of drug-likeness (QED) is 0.387. The maximum Gasteiger partial charge on any atom is 0.141 e. The van der Waals surface area contributed by atoms with E-state index in [-0.39, 0.29) is 11.6 Å². The van der Waals surface area contributed by atoms with E-state index in [9.17, 15) is 5.11 Å². The Hall–Kier alpha value is -3.28. The summed E-state index contributed by atoms with van der Waals surface area (Å²) >= 11 is 0. The van der Waals surface area contributed by atoms with Crippen LogP contribution >= 0.6 is 0 Å². The molecule has 0 radical (unpaired) electrons. The molecule has 6 heteroatoms. The number of nitrogens with one attached hydrogen (secondary N) is 1. The molecule has 0 atom stereocenters. The average Bonchev–Trinajstić information content (AvgIpc) is 2.55. The summed E-state index contributed by atoms with van der Waals surface area (Å²) in [4.78, 5) is 4.33. The Morgan fingerprint density at radius 2 is 1.78 bits per heavy atom. The summed E-state index contributed by atoms with van der Waals surface area (Å²) in [5, 5.41) is 26.4. The highest BCUT2D eigenvalue weighted by Crippen LogP contribution is 2.32. The number of benzene rings is 2. The normalized spacial score (nSPS) is 11.2. The first kappa shape index (κ1) is 14.6. The SMILES string of the molecule is Cc1ccc2c(N=Nc3ccc(C(=N)N)cc3)ccc(O)c2n1. The zero-order valence-corrected chi connectivity index (χ0v) is 12.5. The van der Waals surface area contributed by atoms with Gasteiger partial charge in [-0.3, -0.25) is 5.41 Å². The van der Waals surface area contributed by atoms with Crippen LogP contribution in [0.25, 0.3) is 10.9 Å². The van der Waals surface area contributed by atoms with Crippen molar-refractivity contribution in [2.45, 2.75) is 6.92 Å². The number of pyridine rings is 1. The van der Waals surface area contributed by atoms with Crippen molar-refractivity contribution in [1.29, 1.82) is 5.41 Å². The number of fused-ring (bicyclic) bond motifs is 1. The van der Waals surface area contributed by atoms with Gasteiger partial charge in [-0.05, 0) is 55.5 Å². The van der Waals surface area contributed by atoms with Crippen molar-refractivity contribution < 1.29 is 5.11 Å². The molecule has 0 aliphatic carbocycles. The number of nitrogen functional groups attached to an aromatic ring is 1. The van der Waals surface area contributed by atoms with Gasteiger partial charge >= 0.3 is 0 Å². The molecular weight excluding hydrogens is 290 g/mol. The molecule has 1 aromatic heterocycles. The lowest BCUT2D eigenvalue weighted by Gasteiger charge is -2.04. The number of aromatic hydroxyl groups is 1. The molecule has 0 saturated carbocycles. The summed E-state index contributed by atoms with van der Waals surface area (Å²) < 4.78 is 0. The third-order valence-electron chi connectivity index (χ3n) is 3.40. The summed E-state index contributed by atoms with van der Waals surface area (Å²) in [5.74, 6) is 0.132. The Balaban J connectivity index is 1.98. The fraction of sp³-hybridized carbons (Fsp3) is 0.0588. The van der Waals surface area contributed by atoms with E-state index >= 15 is 0 Å². The second-order valence-electron chi connectivity index (χ2n) is 5.11. The van der Waals surface area contributed by atoms with E-state index in [1.165, 1.54) is 0 Å². The van der Waals surface area contributed by atoms with Crippen LogP contribution in [0.3, 0.4) is 0 Å². The number of nitrogens with zero attached hydrogens (tertiary/aromatic N) is 3. The number of aryl methyl sites for hydroxylation is 1. The van der Waals surface area contributed by atoms with Crippen LogP contribution in [-0.2, 0) is 0 Å². The molecule has 114 valence electrons. The highest BCUT2D eigenvalue weighted by Gasteiger charge is 2.06. The smallest absolute Gasteiger partial charge is 0.141 e. The maximum atomic E-state index is 9.92. The lowest BCUT2D eigenvalue weighted by atomic mass is 10.1. The third kappa shape index (κ3) is 3.01. The second-order valence-corrected chi connectivity index (χ2v) is 5.11. The Morgan fingerprint density at radius 1 is 1.04 bits per heavy atom. The molecule has 4 N–H and O–H groups in total. The molecular formula is C17H15N5O. The van der Waals surface area contributed by atoms with E-state index in [2.05, 4.69) is 15.2 Å². The van der Waals surface area contributed by atoms with Crippen molar-refractivity contribution in [2.75, 3.05) is 0 Å². The van der Waals surface area contributed by atoms with Crippen LogP contribution in [0.15, 0.2) is 58.8 Å². The predicted molar refractivity (Wildman–Crippen MR) is 89.8 cm³/mol. The first-order chi connectivity index (χ1) is 11.0. The largest absolute Gasteiger partial charge is 0.506 e. The molecule has 0 bridgehead atoms. The van der Waals surface area contributed by atoms with Crippen molar-refractivity contribution in [2.24, 2.45) is 16.0 Å². The number of aromatic nitrogens is 1. The fourth-order valence-corrected chi connectivity index (χ4v) is 2.19. The fourth-order valence-electron chi connectivity index (χ4n) is 2.19. The van der Waals surface area contributed by atoms with Gasteiger partial charge in [-0.2, -0.15) is 5.11 Å². The van der Waals surface area contributed by atoms with E-state index < -0.39 is 0 Å². The Morgan fingerprint density at radius 3 is 2.48 bits per heavy atom. The van der Waals surface area contributed by atoms with Crippen LogP contribution in [0, 0.1) is 12.3 Å². The van der Waals surface area contributed by atoms with Crippen molar-refractivity contribution in [3.63, 3.8) is 0 Å². The minimum absolute atomic E-state index is 0.0134.